The maximum atomic E-state index is 13.4. The number of hydrogen-bond donors (Lipinski definition) is 0. The summed E-state index contributed by atoms with van der Waals surface area (Å²) in [5.41, 5.74) is 0.298. The first-order valence-corrected chi connectivity index (χ1v) is 12.0. The first-order valence-electron chi connectivity index (χ1n) is 10.6. The van der Waals surface area contributed by atoms with Crippen LogP contribution in [-0.4, -0.2) is 78.6 Å². The van der Waals surface area contributed by atoms with E-state index in [0.29, 0.717) is 44.6 Å². The standard InChI is InChI=1S/C22H25FN4O4S/c23-19-4-1-3-18(15-19)22(29)26-13-11-25(12-14-26)21(28)17-6-9-27(10-7-17)32(30,31)20-5-2-8-24-16-20/h1-5,8,15-17H,6-7,9-14H2. The van der Waals surface area contributed by atoms with Crippen LogP contribution < -0.4 is 0 Å². The van der Waals surface area contributed by atoms with Gasteiger partial charge in [0.15, 0.2) is 0 Å². The van der Waals surface area contributed by atoms with E-state index in [2.05, 4.69) is 4.98 Å². The number of carbonyl (C=O) groups is 2. The van der Waals surface area contributed by atoms with Gasteiger partial charge in [0.05, 0.1) is 0 Å². The van der Waals surface area contributed by atoms with Crippen molar-refractivity contribution >= 4 is 21.8 Å². The lowest BCUT2D eigenvalue weighted by molar-refractivity contribution is -0.138. The number of rotatable bonds is 4. The summed E-state index contributed by atoms with van der Waals surface area (Å²) in [7, 11) is -3.61. The second kappa shape index (κ2) is 9.33. The topological polar surface area (TPSA) is 90.9 Å². The number of hydrogen-bond acceptors (Lipinski definition) is 5. The quantitative estimate of drug-likeness (QED) is 0.691. The molecule has 8 nitrogen and oxygen atoms in total. The number of aromatic nitrogens is 1. The number of pyridine rings is 1. The van der Waals surface area contributed by atoms with Gasteiger partial charge >= 0.3 is 0 Å². The first-order chi connectivity index (χ1) is 15.4. The van der Waals surface area contributed by atoms with E-state index in [9.17, 15) is 22.4 Å². The summed E-state index contributed by atoms with van der Waals surface area (Å²) in [4.78, 5) is 32.9. The van der Waals surface area contributed by atoms with Gasteiger partial charge in [0.2, 0.25) is 15.9 Å². The summed E-state index contributed by atoms with van der Waals surface area (Å²) in [5.74, 6) is -0.936. The molecular weight excluding hydrogens is 435 g/mol. The van der Waals surface area contributed by atoms with Crippen LogP contribution in [0.1, 0.15) is 23.2 Å². The third-order valence-corrected chi connectivity index (χ3v) is 7.91. The zero-order valence-electron chi connectivity index (χ0n) is 17.6. The highest BCUT2D eigenvalue weighted by Crippen LogP contribution is 2.25. The van der Waals surface area contributed by atoms with E-state index in [1.165, 1.54) is 41.0 Å². The summed E-state index contributed by atoms with van der Waals surface area (Å²) in [5, 5.41) is 0. The van der Waals surface area contributed by atoms with Gasteiger partial charge in [0.25, 0.3) is 5.91 Å². The van der Waals surface area contributed by atoms with Crippen molar-refractivity contribution in [3.8, 4) is 0 Å². The molecule has 10 heteroatoms. The maximum absolute atomic E-state index is 13.4. The van der Waals surface area contributed by atoms with Gasteiger partial charge in [-0.25, -0.2) is 12.8 Å². The van der Waals surface area contributed by atoms with E-state index in [4.69, 9.17) is 0 Å². The molecule has 2 aliphatic rings. The van der Waals surface area contributed by atoms with Crippen molar-refractivity contribution in [1.29, 1.82) is 0 Å². The maximum Gasteiger partial charge on any atom is 0.254 e. The Hall–Kier alpha value is -2.85. The van der Waals surface area contributed by atoms with E-state index >= 15 is 0 Å². The molecule has 0 N–H and O–H groups in total. The molecule has 0 bridgehead atoms. The van der Waals surface area contributed by atoms with Crippen LogP contribution >= 0.6 is 0 Å². The summed E-state index contributed by atoms with van der Waals surface area (Å²) >= 11 is 0. The van der Waals surface area contributed by atoms with Gasteiger partial charge in [0, 0.05) is 63.1 Å². The van der Waals surface area contributed by atoms with E-state index in [0.717, 1.165) is 0 Å². The third-order valence-electron chi connectivity index (χ3n) is 6.03. The van der Waals surface area contributed by atoms with Crippen LogP contribution in [0.3, 0.4) is 0 Å². The normalized spacial score (nSPS) is 18.5. The van der Waals surface area contributed by atoms with Crippen molar-refractivity contribution in [2.75, 3.05) is 39.3 Å². The molecule has 0 radical (unpaired) electrons. The third kappa shape index (κ3) is 4.66. The molecule has 0 aliphatic carbocycles. The second-order valence-electron chi connectivity index (χ2n) is 7.99. The van der Waals surface area contributed by atoms with Crippen LogP contribution in [0.2, 0.25) is 0 Å². The molecule has 0 unspecified atom stereocenters. The Bertz CT molecular complexity index is 1080. The fourth-order valence-corrected chi connectivity index (χ4v) is 5.62. The van der Waals surface area contributed by atoms with Gasteiger partial charge in [-0.1, -0.05) is 6.07 Å². The molecule has 2 amide bonds. The van der Waals surface area contributed by atoms with Gasteiger partial charge < -0.3 is 9.80 Å². The molecule has 170 valence electrons. The fraction of sp³-hybridized carbons (Fsp3) is 0.409. The highest BCUT2D eigenvalue weighted by atomic mass is 32.2. The zero-order chi connectivity index (χ0) is 22.7. The molecule has 3 heterocycles. The van der Waals surface area contributed by atoms with Crippen LogP contribution in [0, 0.1) is 11.7 Å². The first kappa shape index (κ1) is 22.3. The molecule has 2 saturated heterocycles. The van der Waals surface area contributed by atoms with Gasteiger partial charge in [-0.15, -0.1) is 0 Å². The number of sulfonamides is 1. The predicted octanol–water partition coefficient (Wildman–Crippen LogP) is 1.61. The molecule has 0 spiro atoms. The Morgan fingerprint density at radius 1 is 0.938 bits per heavy atom. The summed E-state index contributed by atoms with van der Waals surface area (Å²) in [6, 6.07) is 8.69. The Morgan fingerprint density at radius 3 is 2.25 bits per heavy atom. The smallest absolute Gasteiger partial charge is 0.254 e. The lowest BCUT2D eigenvalue weighted by atomic mass is 9.96. The number of piperazine rings is 1. The van der Waals surface area contributed by atoms with E-state index in [1.54, 1.807) is 21.9 Å². The summed E-state index contributed by atoms with van der Waals surface area (Å²) < 4.78 is 40.3. The highest BCUT2D eigenvalue weighted by Gasteiger charge is 2.35. The number of halogens is 1. The van der Waals surface area contributed by atoms with Crippen molar-refractivity contribution in [3.05, 3.63) is 60.2 Å². The van der Waals surface area contributed by atoms with Crippen LogP contribution in [0.5, 0.6) is 0 Å². The highest BCUT2D eigenvalue weighted by molar-refractivity contribution is 7.89. The second-order valence-corrected chi connectivity index (χ2v) is 9.93. The Balaban J connectivity index is 1.30. The van der Waals surface area contributed by atoms with Crippen molar-refractivity contribution in [1.82, 2.24) is 19.1 Å². The van der Waals surface area contributed by atoms with E-state index in [-0.39, 0.29) is 35.7 Å². The molecule has 0 saturated carbocycles. The summed E-state index contributed by atoms with van der Waals surface area (Å²) in [6.07, 6.45) is 3.77. The van der Waals surface area contributed by atoms with Gasteiger partial charge in [-0.2, -0.15) is 4.31 Å². The summed E-state index contributed by atoms with van der Waals surface area (Å²) in [6.45, 7) is 2.16. The van der Waals surface area contributed by atoms with Crippen LogP contribution in [-0.2, 0) is 14.8 Å². The number of carbonyl (C=O) groups excluding carboxylic acids is 2. The number of amides is 2. The average molecular weight is 461 g/mol. The number of piperidine rings is 1. The Kier molecular flexibility index (Phi) is 6.52. The van der Waals surface area contributed by atoms with Gasteiger partial charge in [-0.05, 0) is 43.2 Å². The lowest BCUT2D eigenvalue weighted by Crippen LogP contribution is -2.53. The molecule has 2 aliphatic heterocycles. The minimum atomic E-state index is -3.61. The van der Waals surface area contributed by atoms with Gasteiger partial charge in [-0.3, -0.25) is 14.6 Å². The zero-order valence-corrected chi connectivity index (χ0v) is 18.4. The minimum Gasteiger partial charge on any atom is -0.339 e. The van der Waals surface area contributed by atoms with Crippen LogP contribution in [0.25, 0.3) is 0 Å². The van der Waals surface area contributed by atoms with Crippen LogP contribution in [0.15, 0.2) is 53.7 Å². The number of benzene rings is 1. The monoisotopic (exact) mass is 460 g/mol. The molecular formula is C22H25FN4O4S. The van der Waals surface area contributed by atoms with Crippen molar-refractivity contribution in [2.24, 2.45) is 5.92 Å². The van der Waals surface area contributed by atoms with Crippen molar-refractivity contribution in [3.63, 3.8) is 0 Å². The van der Waals surface area contributed by atoms with E-state index in [1.807, 2.05) is 0 Å². The molecule has 1 aromatic heterocycles. The molecule has 32 heavy (non-hydrogen) atoms. The lowest BCUT2D eigenvalue weighted by Gasteiger charge is -2.38. The SMILES string of the molecule is O=C(c1cccc(F)c1)N1CCN(C(=O)C2CCN(S(=O)(=O)c3cccnc3)CC2)CC1. The predicted molar refractivity (Wildman–Crippen MR) is 115 cm³/mol. The fourth-order valence-electron chi connectivity index (χ4n) is 4.18. The van der Waals surface area contributed by atoms with Gasteiger partial charge in [0.1, 0.15) is 10.7 Å². The Labute approximate surface area is 186 Å². The molecule has 0 atom stereocenters. The van der Waals surface area contributed by atoms with E-state index < -0.39 is 15.8 Å². The largest absolute Gasteiger partial charge is 0.339 e. The number of nitrogens with zero attached hydrogens (tertiary/aromatic N) is 4. The molecule has 4 rings (SSSR count). The molecule has 2 fully saturated rings. The van der Waals surface area contributed by atoms with Crippen LogP contribution in [0.4, 0.5) is 4.39 Å². The average Bonchev–Trinajstić information content (AvgIpc) is 2.84. The van der Waals surface area contributed by atoms with Crippen molar-refractivity contribution in [2.45, 2.75) is 17.7 Å². The minimum absolute atomic E-state index is 0.00119. The Morgan fingerprint density at radius 2 is 1.62 bits per heavy atom. The van der Waals surface area contributed by atoms with Crippen molar-refractivity contribution < 1.29 is 22.4 Å². The molecule has 1 aromatic carbocycles. The molecule has 2 aromatic rings.